The Bertz CT molecular complexity index is 797. The molecule has 26 heavy (non-hydrogen) atoms. The zero-order valence-electron chi connectivity index (χ0n) is 15.8. The Morgan fingerprint density at radius 2 is 1.81 bits per heavy atom. The van der Waals surface area contributed by atoms with Gasteiger partial charge in [-0.05, 0) is 29.2 Å². The molecule has 0 spiro atoms. The second-order valence-corrected chi connectivity index (χ2v) is 8.45. The highest BCUT2D eigenvalue weighted by Crippen LogP contribution is 2.36. The van der Waals surface area contributed by atoms with Crippen molar-refractivity contribution in [1.82, 2.24) is 0 Å². The lowest BCUT2D eigenvalue weighted by atomic mass is 9.85. The SMILES string of the molecule is COc1c(CS(C)=O)cc(C(C)(C)C)cc1NC(=O)Oc1ccccc1. The second-order valence-electron chi connectivity index (χ2n) is 7.01. The largest absolute Gasteiger partial charge is 0.494 e. The number of carbonyl (C=O) groups excluding carboxylic acids is 1. The van der Waals surface area contributed by atoms with Crippen LogP contribution in [0.25, 0.3) is 0 Å². The van der Waals surface area contributed by atoms with Crippen LogP contribution >= 0.6 is 0 Å². The predicted molar refractivity (Wildman–Crippen MR) is 106 cm³/mol. The number of methoxy groups -OCH3 is 1. The lowest BCUT2D eigenvalue weighted by Crippen LogP contribution is -2.19. The summed E-state index contributed by atoms with van der Waals surface area (Å²) in [5.41, 5.74) is 2.15. The van der Waals surface area contributed by atoms with Gasteiger partial charge in [-0.1, -0.05) is 45.0 Å². The molecule has 1 amide bonds. The molecule has 0 heterocycles. The second kappa shape index (κ2) is 8.36. The molecule has 0 aliphatic heterocycles. The maximum Gasteiger partial charge on any atom is 0.417 e. The number of amides is 1. The van der Waals surface area contributed by atoms with Gasteiger partial charge in [-0.3, -0.25) is 9.53 Å². The topological polar surface area (TPSA) is 64.6 Å². The van der Waals surface area contributed by atoms with Gasteiger partial charge in [0.15, 0.2) is 0 Å². The lowest BCUT2D eigenvalue weighted by Gasteiger charge is -2.23. The molecule has 0 aromatic heterocycles. The minimum absolute atomic E-state index is 0.143. The molecule has 0 aliphatic rings. The van der Waals surface area contributed by atoms with Crippen LogP contribution in [0.2, 0.25) is 0 Å². The van der Waals surface area contributed by atoms with Gasteiger partial charge in [-0.25, -0.2) is 4.79 Å². The molecule has 1 atom stereocenters. The van der Waals surface area contributed by atoms with Crippen LogP contribution in [0.15, 0.2) is 42.5 Å². The fraction of sp³-hybridized carbons (Fsp3) is 0.350. The third-order valence-corrected chi connectivity index (χ3v) is 4.50. The van der Waals surface area contributed by atoms with Crippen molar-refractivity contribution in [2.24, 2.45) is 0 Å². The van der Waals surface area contributed by atoms with Crippen molar-refractivity contribution < 1.29 is 18.5 Å². The highest BCUT2D eigenvalue weighted by molar-refractivity contribution is 7.83. The molecule has 2 aromatic rings. The van der Waals surface area contributed by atoms with Crippen LogP contribution in [0.5, 0.6) is 11.5 Å². The van der Waals surface area contributed by atoms with Crippen LogP contribution in [-0.4, -0.2) is 23.7 Å². The van der Waals surface area contributed by atoms with Crippen molar-refractivity contribution in [2.45, 2.75) is 31.9 Å². The lowest BCUT2D eigenvalue weighted by molar-refractivity contribution is 0.215. The van der Waals surface area contributed by atoms with E-state index in [0.717, 1.165) is 11.1 Å². The first kappa shape index (κ1) is 20.0. The van der Waals surface area contributed by atoms with E-state index in [-0.39, 0.29) is 5.41 Å². The number of hydrogen-bond donors (Lipinski definition) is 1. The first-order valence-electron chi connectivity index (χ1n) is 8.26. The summed E-state index contributed by atoms with van der Waals surface area (Å²) in [5.74, 6) is 1.29. The Hall–Kier alpha value is -2.34. The standard InChI is InChI=1S/C20H25NO4S/c1-20(2,3)15-11-14(13-26(5)23)18(24-4)17(12-15)21-19(22)25-16-9-7-6-8-10-16/h6-12H,13H2,1-5H3,(H,21,22). The number of ether oxygens (including phenoxy) is 2. The van der Waals surface area contributed by atoms with Crippen molar-refractivity contribution in [1.29, 1.82) is 0 Å². The van der Waals surface area contributed by atoms with E-state index in [2.05, 4.69) is 26.1 Å². The van der Waals surface area contributed by atoms with Crippen LogP contribution in [0.3, 0.4) is 0 Å². The maximum absolute atomic E-state index is 12.3. The van der Waals surface area contributed by atoms with E-state index in [9.17, 15) is 9.00 Å². The third kappa shape index (κ3) is 5.33. The van der Waals surface area contributed by atoms with Crippen LogP contribution < -0.4 is 14.8 Å². The molecule has 0 bridgehead atoms. The molecule has 2 aromatic carbocycles. The zero-order chi connectivity index (χ0) is 19.3. The Kier molecular flexibility index (Phi) is 6.42. The van der Waals surface area contributed by atoms with E-state index in [1.165, 1.54) is 7.11 Å². The van der Waals surface area contributed by atoms with Crippen molar-refractivity contribution in [2.75, 3.05) is 18.7 Å². The van der Waals surface area contributed by atoms with Gasteiger partial charge in [0.05, 0.1) is 18.6 Å². The fourth-order valence-corrected chi connectivity index (χ4v) is 3.17. The Morgan fingerprint density at radius 1 is 1.15 bits per heavy atom. The van der Waals surface area contributed by atoms with Crippen molar-refractivity contribution in [3.05, 3.63) is 53.6 Å². The summed E-state index contributed by atoms with van der Waals surface area (Å²) in [6.07, 6.45) is 1.03. The highest BCUT2D eigenvalue weighted by atomic mass is 32.2. The van der Waals surface area contributed by atoms with Gasteiger partial charge in [0.1, 0.15) is 11.5 Å². The smallest absolute Gasteiger partial charge is 0.417 e. The number of hydrogen-bond acceptors (Lipinski definition) is 4. The zero-order valence-corrected chi connectivity index (χ0v) is 16.6. The van der Waals surface area contributed by atoms with Crippen molar-refractivity contribution >= 4 is 22.6 Å². The van der Waals surface area contributed by atoms with Gasteiger partial charge in [0.2, 0.25) is 0 Å². The first-order valence-corrected chi connectivity index (χ1v) is 9.98. The van der Waals surface area contributed by atoms with Crippen molar-refractivity contribution in [3.63, 3.8) is 0 Å². The van der Waals surface area contributed by atoms with Gasteiger partial charge in [0, 0.05) is 22.6 Å². The number of para-hydroxylation sites is 1. The summed E-state index contributed by atoms with van der Waals surface area (Å²) in [6.45, 7) is 6.23. The van der Waals surface area contributed by atoms with Crippen LogP contribution in [0.1, 0.15) is 31.9 Å². The van der Waals surface area contributed by atoms with Crippen molar-refractivity contribution in [3.8, 4) is 11.5 Å². The van der Waals surface area contributed by atoms with E-state index in [1.54, 1.807) is 30.5 Å². The average Bonchev–Trinajstić information content (AvgIpc) is 2.54. The summed E-state index contributed by atoms with van der Waals surface area (Å²) in [4.78, 5) is 12.3. The van der Waals surface area contributed by atoms with Gasteiger partial charge in [-0.15, -0.1) is 0 Å². The molecule has 1 unspecified atom stereocenters. The number of benzene rings is 2. The van der Waals surface area contributed by atoms with E-state index in [4.69, 9.17) is 9.47 Å². The maximum atomic E-state index is 12.3. The molecule has 0 radical (unpaired) electrons. The molecule has 0 saturated heterocycles. The fourth-order valence-electron chi connectivity index (χ4n) is 2.51. The summed E-state index contributed by atoms with van der Waals surface area (Å²) < 4.78 is 22.6. The summed E-state index contributed by atoms with van der Waals surface area (Å²) >= 11 is 0. The van der Waals surface area contributed by atoms with E-state index in [1.807, 2.05) is 18.2 Å². The minimum atomic E-state index is -1.04. The van der Waals surface area contributed by atoms with Gasteiger partial charge in [0.25, 0.3) is 0 Å². The summed E-state index contributed by atoms with van der Waals surface area (Å²) in [5, 5.41) is 2.75. The predicted octanol–water partition coefficient (Wildman–Crippen LogP) is 4.48. The first-order chi connectivity index (χ1) is 12.2. The molecule has 140 valence electrons. The monoisotopic (exact) mass is 375 g/mol. The third-order valence-electron chi connectivity index (χ3n) is 3.79. The quantitative estimate of drug-likeness (QED) is 0.837. The van der Waals surface area contributed by atoms with Crippen LogP contribution in [0.4, 0.5) is 10.5 Å². The number of anilines is 1. The van der Waals surface area contributed by atoms with E-state index >= 15 is 0 Å². The molecule has 2 rings (SSSR count). The molecular weight excluding hydrogens is 350 g/mol. The van der Waals surface area contributed by atoms with Crippen LogP contribution in [-0.2, 0) is 22.0 Å². The minimum Gasteiger partial charge on any atom is -0.494 e. The normalized spacial score (nSPS) is 12.3. The average molecular weight is 375 g/mol. The van der Waals surface area contributed by atoms with Crippen LogP contribution in [0, 0.1) is 0 Å². The van der Waals surface area contributed by atoms with E-state index in [0.29, 0.717) is 22.9 Å². The molecule has 1 N–H and O–H groups in total. The molecular formula is C20H25NO4S. The van der Waals surface area contributed by atoms with Gasteiger partial charge < -0.3 is 9.47 Å². The van der Waals surface area contributed by atoms with E-state index < -0.39 is 16.9 Å². The number of carbonyl (C=O) groups is 1. The summed E-state index contributed by atoms with van der Waals surface area (Å²) in [7, 11) is 0.490. The number of rotatable bonds is 5. The Labute approximate surface area is 157 Å². The summed E-state index contributed by atoms with van der Waals surface area (Å²) in [6, 6.07) is 12.7. The Balaban J connectivity index is 2.38. The van der Waals surface area contributed by atoms with Gasteiger partial charge in [-0.2, -0.15) is 0 Å². The molecule has 0 fully saturated rings. The highest BCUT2D eigenvalue weighted by Gasteiger charge is 2.21. The molecule has 0 saturated carbocycles. The Morgan fingerprint density at radius 3 is 2.35 bits per heavy atom. The number of nitrogens with one attached hydrogen (secondary N) is 1. The molecule has 6 heteroatoms. The van der Waals surface area contributed by atoms with Gasteiger partial charge >= 0.3 is 6.09 Å². The molecule has 5 nitrogen and oxygen atoms in total. The molecule has 0 aliphatic carbocycles.